The fraction of sp³-hybridized carbons (Fsp3) is 0.353. The van der Waals surface area contributed by atoms with Crippen LogP contribution in [0.15, 0.2) is 47.1 Å². The highest BCUT2D eigenvalue weighted by Gasteiger charge is 2.19. The Kier molecular flexibility index (Phi) is 4.44. The Morgan fingerprint density at radius 3 is 2.67 bits per heavy atom. The van der Waals surface area contributed by atoms with Crippen molar-refractivity contribution in [3.63, 3.8) is 0 Å². The Morgan fingerprint density at radius 1 is 1.19 bits per heavy atom. The van der Waals surface area contributed by atoms with Gasteiger partial charge in [-0.1, -0.05) is 22.0 Å². The molecule has 2 heterocycles. The Balaban J connectivity index is 1.58. The van der Waals surface area contributed by atoms with Crippen molar-refractivity contribution in [1.82, 2.24) is 4.98 Å². The average Bonchev–Trinajstić information content (AvgIpc) is 2.48. The normalized spacial score (nSPS) is 16.0. The molecule has 1 aromatic carbocycles. The fourth-order valence-electron chi connectivity index (χ4n) is 2.85. The Bertz CT molecular complexity index is 572. The first kappa shape index (κ1) is 14.4. The number of pyridine rings is 1. The van der Waals surface area contributed by atoms with Gasteiger partial charge < -0.3 is 10.2 Å². The summed E-state index contributed by atoms with van der Waals surface area (Å²) in [7, 11) is 0. The predicted octanol–water partition coefficient (Wildman–Crippen LogP) is 4.23. The van der Waals surface area contributed by atoms with Crippen LogP contribution in [0.2, 0.25) is 0 Å². The molecule has 21 heavy (non-hydrogen) atoms. The lowest BCUT2D eigenvalue weighted by molar-refractivity contribution is 0.523. The molecule has 2 aromatic rings. The van der Waals surface area contributed by atoms with E-state index < -0.39 is 0 Å². The number of hydrogen-bond acceptors (Lipinski definition) is 3. The Hall–Kier alpha value is -1.55. The van der Waals surface area contributed by atoms with E-state index in [1.54, 1.807) is 0 Å². The molecule has 3 rings (SSSR count). The van der Waals surface area contributed by atoms with Crippen LogP contribution in [0.5, 0.6) is 0 Å². The second-order valence-corrected chi connectivity index (χ2v) is 6.53. The van der Waals surface area contributed by atoms with Gasteiger partial charge in [0.15, 0.2) is 0 Å². The maximum atomic E-state index is 4.43. The molecule has 0 bridgehead atoms. The molecule has 0 amide bonds. The quantitative estimate of drug-likeness (QED) is 0.901. The predicted molar refractivity (Wildman–Crippen MR) is 92.0 cm³/mol. The number of hydrogen-bond donors (Lipinski definition) is 1. The van der Waals surface area contributed by atoms with Crippen molar-refractivity contribution < 1.29 is 0 Å². The van der Waals surface area contributed by atoms with Gasteiger partial charge in [0.1, 0.15) is 5.82 Å². The van der Waals surface area contributed by atoms with E-state index >= 15 is 0 Å². The molecule has 0 radical (unpaired) electrons. The first-order chi connectivity index (χ1) is 10.2. The molecule has 1 aliphatic heterocycles. The summed E-state index contributed by atoms with van der Waals surface area (Å²) >= 11 is 3.56. The van der Waals surface area contributed by atoms with E-state index in [2.05, 4.69) is 68.4 Å². The van der Waals surface area contributed by atoms with Crippen molar-refractivity contribution in [3.8, 4) is 0 Å². The zero-order chi connectivity index (χ0) is 14.7. The van der Waals surface area contributed by atoms with Crippen LogP contribution in [0.3, 0.4) is 0 Å². The molecule has 0 spiro atoms. The van der Waals surface area contributed by atoms with Crippen LogP contribution in [0.25, 0.3) is 0 Å². The third-order valence-corrected chi connectivity index (χ3v) is 4.34. The first-order valence-corrected chi connectivity index (χ1v) is 8.20. The lowest BCUT2D eigenvalue weighted by atomic mass is 10.0. The molecule has 0 saturated carbocycles. The van der Waals surface area contributed by atoms with Crippen molar-refractivity contribution in [2.75, 3.05) is 23.3 Å². The fourth-order valence-corrected chi connectivity index (χ4v) is 3.46. The second-order valence-electron chi connectivity index (χ2n) is 5.61. The van der Waals surface area contributed by atoms with Gasteiger partial charge in [0.25, 0.3) is 0 Å². The summed E-state index contributed by atoms with van der Waals surface area (Å²) in [4.78, 5) is 6.80. The van der Waals surface area contributed by atoms with Crippen molar-refractivity contribution in [3.05, 3.63) is 52.6 Å². The Labute approximate surface area is 134 Å². The van der Waals surface area contributed by atoms with Gasteiger partial charge in [-0.15, -0.1) is 0 Å². The zero-order valence-corrected chi connectivity index (χ0v) is 13.8. The van der Waals surface area contributed by atoms with Crippen LogP contribution in [-0.2, 0) is 0 Å². The minimum atomic E-state index is 0.540. The van der Waals surface area contributed by atoms with Crippen LogP contribution in [0.4, 0.5) is 11.5 Å². The molecule has 1 aliphatic rings. The Morgan fingerprint density at radius 2 is 2.00 bits per heavy atom. The van der Waals surface area contributed by atoms with E-state index in [0.29, 0.717) is 6.04 Å². The minimum Gasteiger partial charge on any atom is -0.382 e. The van der Waals surface area contributed by atoms with E-state index in [1.807, 2.05) is 12.3 Å². The number of aromatic nitrogens is 1. The highest BCUT2D eigenvalue weighted by Crippen LogP contribution is 2.23. The van der Waals surface area contributed by atoms with Gasteiger partial charge in [-0.2, -0.15) is 0 Å². The van der Waals surface area contributed by atoms with Crippen LogP contribution in [-0.4, -0.2) is 24.1 Å². The summed E-state index contributed by atoms with van der Waals surface area (Å²) in [6.07, 6.45) is 4.15. The van der Waals surface area contributed by atoms with Gasteiger partial charge in [0.05, 0.1) is 0 Å². The number of rotatable bonds is 3. The topological polar surface area (TPSA) is 28.2 Å². The van der Waals surface area contributed by atoms with E-state index in [0.717, 1.165) is 36.2 Å². The van der Waals surface area contributed by atoms with Gasteiger partial charge in [0.2, 0.25) is 0 Å². The van der Waals surface area contributed by atoms with Gasteiger partial charge in [0, 0.05) is 35.5 Å². The summed E-state index contributed by atoms with van der Waals surface area (Å²) < 4.78 is 1.14. The largest absolute Gasteiger partial charge is 0.382 e. The number of aryl methyl sites for hydroxylation is 1. The molecule has 1 aromatic heterocycles. The number of halogens is 1. The standard InChI is InChI=1S/C17H20BrN3/c1-13-10-14(18)12-16(11-13)20-15-5-8-21(9-6-15)17-4-2-3-7-19-17/h2-4,7,10-12,15,20H,5-6,8-9H2,1H3. The molecule has 110 valence electrons. The van der Waals surface area contributed by atoms with E-state index in [-0.39, 0.29) is 0 Å². The lowest BCUT2D eigenvalue weighted by Crippen LogP contribution is -2.39. The summed E-state index contributed by atoms with van der Waals surface area (Å²) in [5.41, 5.74) is 2.48. The molecule has 4 heteroatoms. The molecular weight excluding hydrogens is 326 g/mol. The molecule has 0 atom stereocenters. The van der Waals surface area contributed by atoms with Gasteiger partial charge >= 0.3 is 0 Å². The van der Waals surface area contributed by atoms with Crippen LogP contribution < -0.4 is 10.2 Å². The van der Waals surface area contributed by atoms with Gasteiger partial charge in [-0.05, 0) is 55.7 Å². The smallest absolute Gasteiger partial charge is 0.128 e. The SMILES string of the molecule is Cc1cc(Br)cc(NC2CCN(c3ccccn3)CC2)c1. The van der Waals surface area contributed by atoms with Gasteiger partial charge in [-0.25, -0.2) is 4.98 Å². The van der Waals surface area contributed by atoms with Crippen LogP contribution in [0, 0.1) is 6.92 Å². The first-order valence-electron chi connectivity index (χ1n) is 7.40. The summed E-state index contributed by atoms with van der Waals surface area (Å²) in [5, 5.41) is 3.66. The molecule has 1 fully saturated rings. The number of piperidine rings is 1. The average molecular weight is 346 g/mol. The maximum Gasteiger partial charge on any atom is 0.128 e. The van der Waals surface area contributed by atoms with E-state index in [1.165, 1.54) is 11.3 Å². The summed E-state index contributed by atoms with van der Waals surface area (Å²) in [6.45, 7) is 4.24. The van der Waals surface area contributed by atoms with Gasteiger partial charge in [-0.3, -0.25) is 0 Å². The number of anilines is 2. The molecule has 1 saturated heterocycles. The molecule has 0 aliphatic carbocycles. The van der Waals surface area contributed by atoms with Crippen molar-refractivity contribution in [2.24, 2.45) is 0 Å². The monoisotopic (exact) mass is 345 g/mol. The molecule has 1 N–H and O–H groups in total. The maximum absolute atomic E-state index is 4.43. The third-order valence-electron chi connectivity index (χ3n) is 3.88. The third kappa shape index (κ3) is 3.76. The van der Waals surface area contributed by atoms with Crippen molar-refractivity contribution in [1.29, 1.82) is 0 Å². The number of nitrogens with zero attached hydrogens (tertiary/aromatic N) is 2. The van der Waals surface area contributed by atoms with Crippen LogP contribution >= 0.6 is 15.9 Å². The van der Waals surface area contributed by atoms with Crippen molar-refractivity contribution in [2.45, 2.75) is 25.8 Å². The highest BCUT2D eigenvalue weighted by atomic mass is 79.9. The minimum absolute atomic E-state index is 0.540. The molecule has 0 unspecified atom stereocenters. The number of benzene rings is 1. The van der Waals surface area contributed by atoms with E-state index in [4.69, 9.17) is 0 Å². The highest BCUT2D eigenvalue weighted by molar-refractivity contribution is 9.10. The van der Waals surface area contributed by atoms with Crippen molar-refractivity contribution >= 4 is 27.4 Å². The number of nitrogens with one attached hydrogen (secondary N) is 1. The lowest BCUT2D eigenvalue weighted by Gasteiger charge is -2.33. The van der Waals surface area contributed by atoms with E-state index in [9.17, 15) is 0 Å². The second kappa shape index (κ2) is 6.48. The van der Waals surface area contributed by atoms with Crippen LogP contribution in [0.1, 0.15) is 18.4 Å². The summed E-state index contributed by atoms with van der Waals surface area (Å²) in [5.74, 6) is 1.09. The zero-order valence-electron chi connectivity index (χ0n) is 12.2. The molecular formula is C17H20BrN3. The molecule has 3 nitrogen and oxygen atoms in total. The summed E-state index contributed by atoms with van der Waals surface area (Å²) in [6, 6.07) is 13.1.